The first-order valence-corrected chi connectivity index (χ1v) is 7.98. The molecule has 1 unspecified atom stereocenters. The Kier molecular flexibility index (Phi) is 5.53. The summed E-state index contributed by atoms with van der Waals surface area (Å²) in [5, 5.41) is 15.5. The van der Waals surface area contributed by atoms with Crippen molar-refractivity contribution in [1.29, 1.82) is 0 Å². The van der Waals surface area contributed by atoms with E-state index in [0.29, 0.717) is 29.0 Å². The van der Waals surface area contributed by atoms with Crippen LogP contribution in [0.2, 0.25) is 5.02 Å². The van der Waals surface area contributed by atoms with E-state index in [-0.39, 0.29) is 12.6 Å². The fraction of sp³-hybridized carbons (Fsp3) is 0.562. The summed E-state index contributed by atoms with van der Waals surface area (Å²) in [6.45, 7) is 4.41. The molecule has 5 nitrogen and oxygen atoms in total. The lowest BCUT2D eigenvalue weighted by molar-refractivity contribution is 0.159. The predicted molar refractivity (Wildman–Crippen MR) is 87.6 cm³/mol. The van der Waals surface area contributed by atoms with Crippen LogP contribution < -0.4 is 15.4 Å². The van der Waals surface area contributed by atoms with Gasteiger partial charge in [0.25, 0.3) is 0 Å². The van der Waals surface area contributed by atoms with Crippen LogP contribution in [0.15, 0.2) is 18.2 Å². The van der Waals surface area contributed by atoms with E-state index in [0.717, 1.165) is 19.3 Å². The van der Waals surface area contributed by atoms with E-state index in [1.807, 2.05) is 13.8 Å². The van der Waals surface area contributed by atoms with Crippen LogP contribution in [0.5, 0.6) is 5.75 Å². The molecule has 1 saturated carbocycles. The number of urea groups is 1. The van der Waals surface area contributed by atoms with Crippen LogP contribution in [0.4, 0.5) is 10.5 Å². The van der Waals surface area contributed by atoms with E-state index in [1.165, 1.54) is 0 Å². The number of carbonyl (C=O) groups excluding carboxylic acids is 1. The van der Waals surface area contributed by atoms with Gasteiger partial charge in [0.15, 0.2) is 0 Å². The minimum absolute atomic E-state index is 0.0738. The van der Waals surface area contributed by atoms with Crippen molar-refractivity contribution in [3.63, 3.8) is 0 Å². The molecule has 0 aromatic heterocycles. The van der Waals surface area contributed by atoms with Crippen molar-refractivity contribution in [1.82, 2.24) is 5.32 Å². The number of aliphatic hydroxyl groups excluding tert-OH is 1. The van der Waals surface area contributed by atoms with Gasteiger partial charge < -0.3 is 20.5 Å². The lowest BCUT2D eigenvalue weighted by Gasteiger charge is -2.28. The summed E-state index contributed by atoms with van der Waals surface area (Å²) in [4.78, 5) is 12.1. The summed E-state index contributed by atoms with van der Waals surface area (Å²) in [6.07, 6.45) is 2.97. The number of hydrogen-bond donors (Lipinski definition) is 3. The number of halogens is 1. The Balaban J connectivity index is 1.95. The molecular weight excluding hydrogens is 304 g/mol. The first-order chi connectivity index (χ1) is 10.5. The molecule has 3 N–H and O–H groups in total. The average molecular weight is 327 g/mol. The highest BCUT2D eigenvalue weighted by molar-refractivity contribution is 6.32. The maximum atomic E-state index is 12.1. The number of rotatable bonds is 7. The molecule has 1 aromatic carbocycles. The van der Waals surface area contributed by atoms with E-state index in [9.17, 15) is 9.90 Å². The Morgan fingerprint density at radius 2 is 2.23 bits per heavy atom. The van der Waals surface area contributed by atoms with Crippen molar-refractivity contribution >= 4 is 23.3 Å². The second-order valence-electron chi connectivity index (χ2n) is 5.92. The van der Waals surface area contributed by atoms with Crippen LogP contribution in [0.3, 0.4) is 0 Å². The molecule has 1 aromatic rings. The minimum Gasteiger partial charge on any atom is -0.492 e. The third-order valence-corrected chi connectivity index (χ3v) is 4.15. The average Bonchev–Trinajstić information content (AvgIpc) is 3.31. The third kappa shape index (κ3) is 4.27. The molecule has 1 aliphatic carbocycles. The number of aliphatic hydroxyl groups is 1. The van der Waals surface area contributed by atoms with Crippen molar-refractivity contribution < 1.29 is 14.6 Å². The number of amides is 2. The maximum Gasteiger partial charge on any atom is 0.319 e. The predicted octanol–water partition coefficient (Wildman–Crippen LogP) is 3.41. The molecule has 1 atom stereocenters. The van der Waals surface area contributed by atoms with E-state index in [2.05, 4.69) is 10.6 Å². The second-order valence-corrected chi connectivity index (χ2v) is 6.33. The molecule has 0 bridgehead atoms. The number of benzene rings is 1. The molecule has 0 heterocycles. The lowest BCUT2D eigenvalue weighted by Crippen LogP contribution is -2.52. The van der Waals surface area contributed by atoms with E-state index >= 15 is 0 Å². The fourth-order valence-electron chi connectivity index (χ4n) is 2.32. The summed E-state index contributed by atoms with van der Waals surface area (Å²) in [7, 11) is 0. The van der Waals surface area contributed by atoms with Gasteiger partial charge in [-0.3, -0.25) is 0 Å². The SMILES string of the molecule is CCCOc1ccc(NC(=O)NC(C)(CO)C2CC2)cc1Cl. The molecule has 0 aliphatic heterocycles. The van der Waals surface area contributed by atoms with Crippen LogP contribution in [-0.4, -0.2) is 29.9 Å². The normalized spacial score (nSPS) is 16.7. The highest BCUT2D eigenvalue weighted by Crippen LogP contribution is 2.39. The van der Waals surface area contributed by atoms with E-state index < -0.39 is 5.54 Å². The van der Waals surface area contributed by atoms with Crippen LogP contribution in [-0.2, 0) is 0 Å². The topological polar surface area (TPSA) is 70.6 Å². The second kappa shape index (κ2) is 7.20. The summed E-state index contributed by atoms with van der Waals surface area (Å²) in [6, 6.07) is 4.78. The Morgan fingerprint density at radius 1 is 1.50 bits per heavy atom. The van der Waals surface area contributed by atoms with E-state index in [4.69, 9.17) is 16.3 Å². The third-order valence-electron chi connectivity index (χ3n) is 3.86. The molecule has 22 heavy (non-hydrogen) atoms. The maximum absolute atomic E-state index is 12.1. The largest absolute Gasteiger partial charge is 0.492 e. The van der Waals surface area contributed by atoms with Crippen molar-refractivity contribution in [3.05, 3.63) is 23.2 Å². The van der Waals surface area contributed by atoms with Crippen molar-refractivity contribution in [2.24, 2.45) is 5.92 Å². The minimum atomic E-state index is -0.571. The highest BCUT2D eigenvalue weighted by Gasteiger charge is 2.42. The van der Waals surface area contributed by atoms with Gasteiger partial charge >= 0.3 is 6.03 Å². The van der Waals surface area contributed by atoms with Gasteiger partial charge in [0, 0.05) is 5.69 Å². The molecule has 6 heteroatoms. The summed E-state index contributed by atoms with van der Waals surface area (Å²) < 4.78 is 5.49. The smallest absolute Gasteiger partial charge is 0.319 e. The molecule has 1 fully saturated rings. The van der Waals surface area contributed by atoms with Gasteiger partial charge in [0.1, 0.15) is 5.75 Å². The Labute approximate surface area is 136 Å². The van der Waals surface area contributed by atoms with Crippen molar-refractivity contribution in [2.75, 3.05) is 18.5 Å². The van der Waals surface area contributed by atoms with Gasteiger partial charge in [0.05, 0.1) is 23.8 Å². The highest BCUT2D eigenvalue weighted by atomic mass is 35.5. The van der Waals surface area contributed by atoms with Crippen LogP contribution >= 0.6 is 11.6 Å². The quantitative estimate of drug-likeness (QED) is 0.719. The Morgan fingerprint density at radius 3 is 2.77 bits per heavy atom. The van der Waals surface area contributed by atoms with Crippen LogP contribution in [0.1, 0.15) is 33.1 Å². The summed E-state index contributed by atoms with van der Waals surface area (Å²) >= 11 is 6.13. The van der Waals surface area contributed by atoms with Crippen LogP contribution in [0, 0.1) is 5.92 Å². The van der Waals surface area contributed by atoms with Gasteiger partial charge in [-0.2, -0.15) is 0 Å². The number of anilines is 1. The zero-order valence-corrected chi connectivity index (χ0v) is 13.7. The molecule has 0 saturated heterocycles. The van der Waals surface area contributed by atoms with Crippen molar-refractivity contribution in [3.8, 4) is 5.75 Å². The molecular formula is C16H23ClN2O3. The molecule has 0 radical (unpaired) electrons. The number of hydrogen-bond acceptors (Lipinski definition) is 3. The van der Waals surface area contributed by atoms with Gasteiger partial charge in [0.2, 0.25) is 0 Å². The molecule has 2 amide bonds. The molecule has 1 aliphatic rings. The zero-order chi connectivity index (χ0) is 16.2. The number of ether oxygens (including phenoxy) is 1. The van der Waals surface area contributed by atoms with Gasteiger partial charge in [-0.1, -0.05) is 18.5 Å². The standard InChI is InChI=1S/C16H23ClN2O3/c1-3-8-22-14-7-6-12(9-13(14)17)18-15(21)19-16(2,10-20)11-4-5-11/h6-7,9,11,20H,3-5,8,10H2,1-2H3,(H2,18,19,21). The van der Waals surface area contributed by atoms with Gasteiger partial charge in [-0.05, 0) is 50.3 Å². The zero-order valence-electron chi connectivity index (χ0n) is 13.0. The molecule has 2 rings (SSSR count). The number of nitrogens with one attached hydrogen (secondary N) is 2. The van der Waals surface area contributed by atoms with Crippen molar-refractivity contribution in [2.45, 2.75) is 38.6 Å². The molecule has 0 spiro atoms. The van der Waals surface area contributed by atoms with Crippen LogP contribution in [0.25, 0.3) is 0 Å². The summed E-state index contributed by atoms with van der Waals surface area (Å²) in [5.74, 6) is 0.948. The van der Waals surface area contributed by atoms with Gasteiger partial charge in [-0.25, -0.2) is 4.79 Å². The first-order valence-electron chi connectivity index (χ1n) is 7.61. The fourth-order valence-corrected chi connectivity index (χ4v) is 2.56. The molecule has 122 valence electrons. The van der Waals surface area contributed by atoms with Gasteiger partial charge in [-0.15, -0.1) is 0 Å². The first kappa shape index (κ1) is 16.9. The lowest BCUT2D eigenvalue weighted by atomic mass is 9.97. The summed E-state index contributed by atoms with van der Waals surface area (Å²) in [5.41, 5.74) is 0.0142. The number of carbonyl (C=O) groups is 1. The van der Waals surface area contributed by atoms with E-state index in [1.54, 1.807) is 18.2 Å². The Bertz CT molecular complexity index is 534. The Hall–Kier alpha value is -1.46. The monoisotopic (exact) mass is 326 g/mol.